The fourth-order valence-electron chi connectivity index (χ4n) is 2.70. The van der Waals surface area contributed by atoms with E-state index in [2.05, 4.69) is 55.4 Å². The summed E-state index contributed by atoms with van der Waals surface area (Å²) in [5, 5.41) is 5.71. The third-order valence-corrected chi connectivity index (χ3v) is 4.79. The van der Waals surface area contributed by atoms with Gasteiger partial charge in [0.25, 0.3) is 0 Å². The maximum atomic E-state index is 6.21. The molecular weight excluding hydrogens is 280 g/mol. The van der Waals surface area contributed by atoms with E-state index in [4.69, 9.17) is 4.74 Å². The number of likely N-dealkylation sites (N-methyl/N-ethyl adjacent to an activating group) is 1. The van der Waals surface area contributed by atoms with E-state index in [9.17, 15) is 0 Å². The van der Waals surface area contributed by atoms with Crippen LogP contribution in [-0.4, -0.2) is 42.3 Å². The third-order valence-electron chi connectivity index (χ3n) is 3.92. The largest absolute Gasteiger partial charge is 0.372 e. The lowest BCUT2D eigenvalue weighted by atomic mass is 10.1. The summed E-state index contributed by atoms with van der Waals surface area (Å²) in [5.74, 6) is 0. The van der Waals surface area contributed by atoms with Crippen LogP contribution in [-0.2, 0) is 11.3 Å². The zero-order valence-corrected chi connectivity index (χ0v) is 14.7. The van der Waals surface area contributed by atoms with Crippen molar-refractivity contribution in [3.8, 4) is 0 Å². The normalized spacial score (nSPS) is 23.1. The lowest BCUT2D eigenvalue weighted by Gasteiger charge is -2.25. The maximum absolute atomic E-state index is 6.21. The summed E-state index contributed by atoms with van der Waals surface area (Å²) in [6.07, 6.45) is 3.16. The number of thiophene rings is 1. The second kappa shape index (κ2) is 7.73. The van der Waals surface area contributed by atoms with Crippen LogP contribution in [0, 0.1) is 0 Å². The van der Waals surface area contributed by atoms with E-state index < -0.39 is 0 Å². The van der Waals surface area contributed by atoms with E-state index in [1.165, 1.54) is 17.7 Å². The van der Waals surface area contributed by atoms with E-state index in [1.54, 1.807) is 0 Å². The Morgan fingerprint density at radius 2 is 2.10 bits per heavy atom. The second-order valence-corrected chi connectivity index (χ2v) is 8.03. The number of hydrogen-bond donors (Lipinski definition) is 1. The number of rotatable bonds is 7. The molecule has 1 aromatic heterocycles. The van der Waals surface area contributed by atoms with Crippen LogP contribution < -0.4 is 5.32 Å². The molecule has 4 heteroatoms. The highest BCUT2D eigenvalue weighted by Gasteiger charge is 2.27. The first-order chi connectivity index (χ1) is 9.96. The average Bonchev–Trinajstić information content (AvgIpc) is 3.06. The Morgan fingerprint density at radius 3 is 2.71 bits per heavy atom. The van der Waals surface area contributed by atoms with Crippen LogP contribution in [0.4, 0.5) is 0 Å². The predicted molar refractivity (Wildman–Crippen MR) is 90.9 cm³/mol. The lowest BCUT2D eigenvalue weighted by molar-refractivity contribution is 0.0205. The molecule has 2 rings (SSSR count). The quantitative estimate of drug-likeness (QED) is 0.834. The SMILES string of the molecule is CCN(Cc1cccs1)CC1CCC(CNC(C)(C)C)O1. The van der Waals surface area contributed by atoms with Crippen LogP contribution in [0.15, 0.2) is 17.5 Å². The van der Waals surface area contributed by atoms with Crippen LogP contribution >= 0.6 is 11.3 Å². The summed E-state index contributed by atoms with van der Waals surface area (Å²) >= 11 is 1.84. The second-order valence-electron chi connectivity index (χ2n) is 7.00. The number of nitrogens with zero attached hydrogens (tertiary/aromatic N) is 1. The molecule has 2 atom stereocenters. The van der Waals surface area contributed by atoms with Gasteiger partial charge in [-0.1, -0.05) is 13.0 Å². The van der Waals surface area contributed by atoms with Crippen LogP contribution in [0.1, 0.15) is 45.4 Å². The highest BCUT2D eigenvalue weighted by Crippen LogP contribution is 2.22. The van der Waals surface area contributed by atoms with Crippen molar-refractivity contribution in [2.24, 2.45) is 0 Å². The molecule has 1 aliphatic rings. The van der Waals surface area contributed by atoms with Crippen molar-refractivity contribution < 1.29 is 4.74 Å². The molecule has 0 bridgehead atoms. The smallest absolute Gasteiger partial charge is 0.0707 e. The molecule has 1 aliphatic heterocycles. The van der Waals surface area contributed by atoms with Crippen LogP contribution in [0.3, 0.4) is 0 Å². The highest BCUT2D eigenvalue weighted by atomic mass is 32.1. The molecule has 2 heterocycles. The topological polar surface area (TPSA) is 24.5 Å². The maximum Gasteiger partial charge on any atom is 0.0707 e. The summed E-state index contributed by atoms with van der Waals surface area (Å²) in [5.41, 5.74) is 0.177. The van der Waals surface area contributed by atoms with Crippen LogP contribution in [0.25, 0.3) is 0 Å². The molecule has 0 radical (unpaired) electrons. The molecule has 1 aromatic rings. The van der Waals surface area contributed by atoms with Crippen molar-refractivity contribution in [2.75, 3.05) is 19.6 Å². The van der Waals surface area contributed by atoms with Gasteiger partial charge in [0.05, 0.1) is 12.2 Å². The van der Waals surface area contributed by atoms with Gasteiger partial charge in [-0.05, 0) is 51.6 Å². The molecule has 0 amide bonds. The van der Waals surface area contributed by atoms with Gasteiger partial charge in [-0.15, -0.1) is 11.3 Å². The summed E-state index contributed by atoms with van der Waals surface area (Å²) in [4.78, 5) is 3.94. The van der Waals surface area contributed by atoms with E-state index in [-0.39, 0.29) is 5.54 Å². The number of ether oxygens (including phenoxy) is 1. The van der Waals surface area contributed by atoms with Gasteiger partial charge >= 0.3 is 0 Å². The molecule has 0 spiro atoms. The van der Waals surface area contributed by atoms with E-state index in [0.29, 0.717) is 12.2 Å². The minimum atomic E-state index is 0.177. The molecule has 0 aliphatic carbocycles. The zero-order chi connectivity index (χ0) is 15.3. The monoisotopic (exact) mass is 310 g/mol. The number of hydrogen-bond acceptors (Lipinski definition) is 4. The minimum Gasteiger partial charge on any atom is -0.372 e. The van der Waals surface area contributed by atoms with Gasteiger partial charge in [0, 0.05) is 30.1 Å². The molecule has 2 unspecified atom stereocenters. The predicted octanol–water partition coefficient (Wildman–Crippen LogP) is 3.51. The van der Waals surface area contributed by atoms with Gasteiger partial charge in [-0.3, -0.25) is 4.90 Å². The van der Waals surface area contributed by atoms with Gasteiger partial charge in [-0.2, -0.15) is 0 Å². The van der Waals surface area contributed by atoms with Gasteiger partial charge in [0.1, 0.15) is 0 Å². The van der Waals surface area contributed by atoms with Crippen LogP contribution in [0.2, 0.25) is 0 Å². The molecule has 0 saturated carbocycles. The lowest BCUT2D eigenvalue weighted by Crippen LogP contribution is -2.41. The summed E-state index contributed by atoms with van der Waals surface area (Å²) in [7, 11) is 0. The number of nitrogens with one attached hydrogen (secondary N) is 1. The molecule has 120 valence electrons. The first kappa shape index (κ1) is 16.9. The molecular formula is C17H30N2OS. The van der Waals surface area contributed by atoms with Crippen molar-refractivity contribution in [2.45, 2.75) is 64.8 Å². The molecule has 21 heavy (non-hydrogen) atoms. The van der Waals surface area contributed by atoms with Crippen LogP contribution in [0.5, 0.6) is 0 Å². The van der Waals surface area contributed by atoms with E-state index in [1.807, 2.05) is 11.3 Å². The summed E-state index contributed by atoms with van der Waals surface area (Å²) in [6, 6.07) is 4.35. The summed E-state index contributed by atoms with van der Waals surface area (Å²) < 4.78 is 6.21. The fraction of sp³-hybridized carbons (Fsp3) is 0.765. The molecule has 1 fully saturated rings. The molecule has 0 aromatic carbocycles. The van der Waals surface area contributed by atoms with Crippen molar-refractivity contribution in [1.29, 1.82) is 0 Å². The average molecular weight is 311 g/mol. The Kier molecular flexibility index (Phi) is 6.23. The van der Waals surface area contributed by atoms with E-state index >= 15 is 0 Å². The van der Waals surface area contributed by atoms with E-state index in [0.717, 1.165) is 26.2 Å². The Hall–Kier alpha value is -0.420. The standard InChI is InChI=1S/C17H30N2OS/c1-5-19(13-16-7-6-10-21-16)12-15-9-8-14(20-15)11-18-17(2,3)4/h6-7,10,14-15,18H,5,8-9,11-13H2,1-4H3. The molecule has 3 nitrogen and oxygen atoms in total. The first-order valence-electron chi connectivity index (χ1n) is 8.11. The third kappa shape index (κ3) is 6.07. The van der Waals surface area contributed by atoms with Crippen molar-refractivity contribution >= 4 is 11.3 Å². The zero-order valence-electron chi connectivity index (χ0n) is 13.9. The Labute approximate surface area is 133 Å². The Bertz CT molecular complexity index is 399. The van der Waals surface area contributed by atoms with Gasteiger partial charge in [0.2, 0.25) is 0 Å². The molecule has 1 N–H and O–H groups in total. The van der Waals surface area contributed by atoms with Gasteiger partial charge in [0.15, 0.2) is 0 Å². The van der Waals surface area contributed by atoms with Gasteiger partial charge in [-0.25, -0.2) is 0 Å². The Morgan fingerprint density at radius 1 is 1.33 bits per heavy atom. The Balaban J connectivity index is 1.73. The highest BCUT2D eigenvalue weighted by molar-refractivity contribution is 7.09. The molecule has 1 saturated heterocycles. The minimum absolute atomic E-state index is 0.177. The van der Waals surface area contributed by atoms with Crippen molar-refractivity contribution in [3.05, 3.63) is 22.4 Å². The van der Waals surface area contributed by atoms with Crippen molar-refractivity contribution in [3.63, 3.8) is 0 Å². The van der Waals surface area contributed by atoms with Crippen molar-refractivity contribution in [1.82, 2.24) is 10.2 Å². The fourth-order valence-corrected chi connectivity index (χ4v) is 3.45. The van der Waals surface area contributed by atoms with Gasteiger partial charge < -0.3 is 10.1 Å². The first-order valence-corrected chi connectivity index (χ1v) is 8.99. The summed E-state index contributed by atoms with van der Waals surface area (Å²) in [6.45, 7) is 13.0.